The highest BCUT2D eigenvalue weighted by atomic mass is 15.2. The molecule has 2 aromatic rings. The zero-order valence-corrected chi connectivity index (χ0v) is 12.3. The Balaban J connectivity index is 1.96. The van der Waals surface area contributed by atoms with Crippen LogP contribution in [0, 0.1) is 5.92 Å². The maximum Gasteiger partial charge on any atom is 0.0462 e. The van der Waals surface area contributed by atoms with Crippen LogP contribution in [0.4, 0.5) is 5.69 Å². The fourth-order valence-corrected chi connectivity index (χ4v) is 2.99. The summed E-state index contributed by atoms with van der Waals surface area (Å²) in [6.45, 7) is 7.90. The number of benzene rings is 1. The topological polar surface area (TPSA) is 28.2 Å². The molecule has 1 aliphatic rings. The molecule has 1 aromatic carbocycles. The van der Waals surface area contributed by atoms with Gasteiger partial charge in [0.25, 0.3) is 0 Å². The first kappa shape index (κ1) is 13.4. The van der Waals surface area contributed by atoms with E-state index in [-0.39, 0.29) is 0 Å². The van der Waals surface area contributed by atoms with Crippen molar-refractivity contribution in [2.75, 3.05) is 24.5 Å². The van der Waals surface area contributed by atoms with Crippen molar-refractivity contribution >= 4 is 16.5 Å². The number of pyridine rings is 1. The molecule has 3 heteroatoms. The molecule has 1 fully saturated rings. The Morgan fingerprint density at radius 3 is 3.05 bits per heavy atom. The van der Waals surface area contributed by atoms with Crippen LogP contribution in [0.5, 0.6) is 0 Å². The first-order chi connectivity index (χ1) is 9.75. The van der Waals surface area contributed by atoms with Crippen molar-refractivity contribution in [3.05, 3.63) is 36.7 Å². The quantitative estimate of drug-likeness (QED) is 0.908. The molecule has 1 N–H and O–H groups in total. The SMILES string of the molecule is CC(C)C1CN(c2cccc3ccncc23)CCCN1. The zero-order chi connectivity index (χ0) is 13.9. The number of rotatable bonds is 2. The van der Waals surface area contributed by atoms with E-state index in [4.69, 9.17) is 0 Å². The molecule has 1 atom stereocenters. The molecule has 0 aliphatic carbocycles. The van der Waals surface area contributed by atoms with Gasteiger partial charge in [-0.05, 0) is 36.4 Å². The maximum absolute atomic E-state index is 4.30. The van der Waals surface area contributed by atoms with Crippen LogP contribution >= 0.6 is 0 Å². The summed E-state index contributed by atoms with van der Waals surface area (Å²) in [4.78, 5) is 6.83. The minimum Gasteiger partial charge on any atom is -0.369 e. The largest absolute Gasteiger partial charge is 0.369 e. The van der Waals surface area contributed by atoms with Crippen LogP contribution in [0.3, 0.4) is 0 Å². The first-order valence-electron chi connectivity index (χ1n) is 7.57. The van der Waals surface area contributed by atoms with E-state index in [1.807, 2.05) is 12.4 Å². The molecule has 0 spiro atoms. The fourth-order valence-electron chi connectivity index (χ4n) is 2.99. The van der Waals surface area contributed by atoms with Crippen molar-refractivity contribution in [2.45, 2.75) is 26.3 Å². The zero-order valence-electron chi connectivity index (χ0n) is 12.3. The third kappa shape index (κ3) is 2.63. The van der Waals surface area contributed by atoms with Crippen LogP contribution < -0.4 is 10.2 Å². The Hall–Kier alpha value is -1.61. The van der Waals surface area contributed by atoms with E-state index in [9.17, 15) is 0 Å². The molecule has 0 amide bonds. The molecule has 0 saturated carbocycles. The summed E-state index contributed by atoms with van der Waals surface area (Å²) in [7, 11) is 0. The number of anilines is 1. The van der Waals surface area contributed by atoms with E-state index >= 15 is 0 Å². The monoisotopic (exact) mass is 269 g/mol. The van der Waals surface area contributed by atoms with Crippen molar-refractivity contribution in [1.29, 1.82) is 0 Å². The lowest BCUT2D eigenvalue weighted by Crippen LogP contribution is -2.41. The van der Waals surface area contributed by atoms with E-state index in [0.29, 0.717) is 12.0 Å². The molecular weight excluding hydrogens is 246 g/mol. The molecule has 3 nitrogen and oxygen atoms in total. The summed E-state index contributed by atoms with van der Waals surface area (Å²) in [6, 6.07) is 9.20. The first-order valence-corrected chi connectivity index (χ1v) is 7.57. The minimum atomic E-state index is 0.560. The summed E-state index contributed by atoms with van der Waals surface area (Å²) in [5, 5.41) is 6.21. The second-order valence-corrected chi connectivity index (χ2v) is 5.98. The fraction of sp³-hybridized carbons (Fsp3) is 0.471. The number of fused-ring (bicyclic) bond motifs is 1. The highest BCUT2D eigenvalue weighted by molar-refractivity contribution is 5.93. The van der Waals surface area contributed by atoms with Gasteiger partial charge in [-0.15, -0.1) is 0 Å². The van der Waals surface area contributed by atoms with Crippen molar-refractivity contribution in [3.63, 3.8) is 0 Å². The molecule has 0 radical (unpaired) electrons. The van der Waals surface area contributed by atoms with Gasteiger partial charge in [0.2, 0.25) is 0 Å². The summed E-state index contributed by atoms with van der Waals surface area (Å²) in [5.41, 5.74) is 1.32. The molecule has 1 aliphatic heterocycles. The van der Waals surface area contributed by atoms with Crippen LogP contribution in [0.15, 0.2) is 36.7 Å². The standard InChI is InChI=1S/C17H23N3/c1-13(2)16-12-20(10-4-8-19-16)17-6-3-5-14-7-9-18-11-15(14)17/h3,5-7,9,11,13,16,19H,4,8,10,12H2,1-2H3. The third-order valence-electron chi connectivity index (χ3n) is 4.23. The van der Waals surface area contributed by atoms with Gasteiger partial charge >= 0.3 is 0 Å². The van der Waals surface area contributed by atoms with E-state index in [1.165, 1.54) is 22.9 Å². The number of aromatic nitrogens is 1. The predicted molar refractivity (Wildman–Crippen MR) is 85.2 cm³/mol. The predicted octanol–water partition coefficient (Wildman–Crippen LogP) is 3.06. The van der Waals surface area contributed by atoms with Crippen molar-refractivity contribution in [1.82, 2.24) is 10.3 Å². The average Bonchev–Trinajstić information content (AvgIpc) is 2.72. The highest BCUT2D eigenvalue weighted by Gasteiger charge is 2.21. The Kier molecular flexibility index (Phi) is 3.88. The van der Waals surface area contributed by atoms with Crippen LogP contribution in [0.2, 0.25) is 0 Å². The number of hydrogen-bond acceptors (Lipinski definition) is 3. The summed E-state index contributed by atoms with van der Waals surface area (Å²) >= 11 is 0. The van der Waals surface area contributed by atoms with Gasteiger partial charge < -0.3 is 10.2 Å². The lowest BCUT2D eigenvalue weighted by atomic mass is 10.0. The van der Waals surface area contributed by atoms with E-state index < -0.39 is 0 Å². The van der Waals surface area contributed by atoms with Crippen LogP contribution in [-0.4, -0.2) is 30.7 Å². The van der Waals surface area contributed by atoms with Gasteiger partial charge in [-0.3, -0.25) is 4.98 Å². The Morgan fingerprint density at radius 1 is 1.30 bits per heavy atom. The molecule has 1 aromatic heterocycles. The molecule has 1 unspecified atom stereocenters. The van der Waals surface area contributed by atoms with Gasteiger partial charge in [-0.25, -0.2) is 0 Å². The lowest BCUT2D eigenvalue weighted by molar-refractivity contribution is 0.420. The maximum atomic E-state index is 4.30. The number of nitrogens with zero attached hydrogens (tertiary/aromatic N) is 2. The number of hydrogen-bond donors (Lipinski definition) is 1. The molecule has 1 saturated heterocycles. The van der Waals surface area contributed by atoms with Gasteiger partial charge in [0.15, 0.2) is 0 Å². The van der Waals surface area contributed by atoms with Gasteiger partial charge in [0, 0.05) is 42.6 Å². The van der Waals surface area contributed by atoms with Gasteiger partial charge in [-0.2, -0.15) is 0 Å². The molecular formula is C17H23N3. The highest BCUT2D eigenvalue weighted by Crippen LogP contribution is 2.27. The normalized spacial score (nSPS) is 20.4. The Labute approximate surface area is 121 Å². The Bertz CT molecular complexity index is 574. The second kappa shape index (κ2) is 5.80. The molecule has 0 bridgehead atoms. The Morgan fingerprint density at radius 2 is 2.20 bits per heavy atom. The average molecular weight is 269 g/mol. The van der Waals surface area contributed by atoms with Crippen molar-refractivity contribution < 1.29 is 0 Å². The van der Waals surface area contributed by atoms with Crippen LogP contribution in [0.25, 0.3) is 10.8 Å². The number of nitrogens with one attached hydrogen (secondary N) is 1. The van der Waals surface area contributed by atoms with Crippen molar-refractivity contribution in [2.24, 2.45) is 5.92 Å². The van der Waals surface area contributed by atoms with Crippen LogP contribution in [-0.2, 0) is 0 Å². The van der Waals surface area contributed by atoms with Crippen LogP contribution in [0.1, 0.15) is 20.3 Å². The minimum absolute atomic E-state index is 0.560. The summed E-state index contributed by atoms with van der Waals surface area (Å²) < 4.78 is 0. The second-order valence-electron chi connectivity index (χ2n) is 5.98. The molecule has 20 heavy (non-hydrogen) atoms. The van der Waals surface area contributed by atoms with E-state index in [0.717, 1.165) is 19.6 Å². The summed E-state index contributed by atoms with van der Waals surface area (Å²) in [6.07, 6.45) is 5.06. The van der Waals surface area contributed by atoms with Crippen molar-refractivity contribution in [3.8, 4) is 0 Å². The van der Waals surface area contributed by atoms with E-state index in [2.05, 4.69) is 53.3 Å². The van der Waals surface area contributed by atoms with Gasteiger partial charge in [0.1, 0.15) is 0 Å². The lowest BCUT2D eigenvalue weighted by Gasteiger charge is -2.29. The molecule has 106 valence electrons. The van der Waals surface area contributed by atoms with Gasteiger partial charge in [0.05, 0.1) is 0 Å². The summed E-state index contributed by atoms with van der Waals surface area (Å²) in [5.74, 6) is 0.656. The smallest absolute Gasteiger partial charge is 0.0462 e. The van der Waals surface area contributed by atoms with E-state index in [1.54, 1.807) is 0 Å². The molecule has 2 heterocycles. The molecule has 3 rings (SSSR count). The van der Waals surface area contributed by atoms with Gasteiger partial charge in [-0.1, -0.05) is 26.0 Å². The third-order valence-corrected chi connectivity index (χ3v) is 4.23.